The lowest BCUT2D eigenvalue weighted by Crippen LogP contribution is -2.00. The van der Waals surface area contributed by atoms with E-state index in [4.69, 9.17) is 23.7 Å². The fraction of sp³-hybridized carbons (Fsp3) is 0.261. The SMILES string of the molecule is C=C(C)COc1ccc2c(c1C)O/C(=C\c1ccc(OC)c(OC)c1OC)C2=O. The Morgan fingerprint density at radius 2 is 1.72 bits per heavy atom. The monoisotopic (exact) mass is 396 g/mol. The molecule has 3 rings (SSSR count). The fourth-order valence-electron chi connectivity index (χ4n) is 3.10. The van der Waals surface area contributed by atoms with Crippen molar-refractivity contribution in [2.24, 2.45) is 0 Å². The second kappa shape index (κ2) is 8.31. The van der Waals surface area contributed by atoms with Crippen LogP contribution in [0.3, 0.4) is 0 Å². The van der Waals surface area contributed by atoms with Gasteiger partial charge < -0.3 is 23.7 Å². The Balaban J connectivity index is 1.99. The van der Waals surface area contributed by atoms with Crippen LogP contribution in [0, 0.1) is 6.92 Å². The first-order chi connectivity index (χ1) is 13.9. The number of carbonyl (C=O) groups is 1. The summed E-state index contributed by atoms with van der Waals surface area (Å²) >= 11 is 0. The number of ether oxygens (including phenoxy) is 5. The van der Waals surface area contributed by atoms with Crippen LogP contribution in [0.15, 0.2) is 42.2 Å². The number of rotatable bonds is 7. The van der Waals surface area contributed by atoms with Gasteiger partial charge in [0.25, 0.3) is 0 Å². The zero-order chi connectivity index (χ0) is 21.1. The van der Waals surface area contributed by atoms with Crippen molar-refractivity contribution >= 4 is 11.9 Å². The minimum absolute atomic E-state index is 0.200. The molecule has 0 aromatic heterocycles. The summed E-state index contributed by atoms with van der Waals surface area (Å²) in [6.07, 6.45) is 1.64. The molecular weight excluding hydrogens is 372 g/mol. The number of allylic oxidation sites excluding steroid dienone is 1. The summed E-state index contributed by atoms with van der Waals surface area (Å²) in [7, 11) is 4.60. The molecule has 29 heavy (non-hydrogen) atoms. The lowest BCUT2D eigenvalue weighted by molar-refractivity contribution is 0.101. The largest absolute Gasteiger partial charge is 0.493 e. The molecule has 0 atom stereocenters. The molecule has 2 aromatic carbocycles. The summed E-state index contributed by atoms with van der Waals surface area (Å²) < 4.78 is 27.8. The summed E-state index contributed by atoms with van der Waals surface area (Å²) in [5.41, 5.74) is 2.80. The van der Waals surface area contributed by atoms with Crippen LogP contribution in [0.5, 0.6) is 28.7 Å². The predicted octanol–water partition coefficient (Wildman–Crippen LogP) is 4.59. The van der Waals surface area contributed by atoms with Gasteiger partial charge in [-0.1, -0.05) is 6.58 Å². The summed E-state index contributed by atoms with van der Waals surface area (Å²) in [6, 6.07) is 7.01. The highest BCUT2D eigenvalue weighted by Crippen LogP contribution is 2.43. The Bertz CT molecular complexity index is 1000. The van der Waals surface area contributed by atoms with Gasteiger partial charge in [0.15, 0.2) is 17.3 Å². The van der Waals surface area contributed by atoms with Crippen LogP contribution in [0.2, 0.25) is 0 Å². The number of fused-ring (bicyclic) bond motifs is 1. The Kier molecular flexibility index (Phi) is 5.82. The van der Waals surface area contributed by atoms with E-state index in [1.807, 2.05) is 13.8 Å². The maximum Gasteiger partial charge on any atom is 0.231 e. The first-order valence-corrected chi connectivity index (χ1v) is 9.05. The molecule has 2 aromatic rings. The highest BCUT2D eigenvalue weighted by atomic mass is 16.5. The molecule has 0 N–H and O–H groups in total. The van der Waals surface area contributed by atoms with Gasteiger partial charge in [-0.25, -0.2) is 0 Å². The molecule has 1 heterocycles. The van der Waals surface area contributed by atoms with Crippen LogP contribution in [0.1, 0.15) is 28.4 Å². The molecule has 0 aliphatic carbocycles. The van der Waals surface area contributed by atoms with E-state index in [1.54, 1.807) is 37.5 Å². The van der Waals surface area contributed by atoms with Crippen molar-refractivity contribution < 1.29 is 28.5 Å². The van der Waals surface area contributed by atoms with Crippen molar-refractivity contribution in [2.75, 3.05) is 27.9 Å². The molecule has 0 saturated heterocycles. The van der Waals surface area contributed by atoms with E-state index in [1.165, 1.54) is 14.2 Å². The molecule has 1 aliphatic rings. The minimum atomic E-state index is -0.202. The topological polar surface area (TPSA) is 63.2 Å². The number of Topliss-reactive ketones (excluding diaryl/α,β-unsaturated/α-hetero) is 1. The Morgan fingerprint density at radius 3 is 2.34 bits per heavy atom. The molecular formula is C23H24O6. The van der Waals surface area contributed by atoms with Crippen molar-refractivity contribution in [3.05, 3.63) is 58.9 Å². The lowest BCUT2D eigenvalue weighted by atomic mass is 10.1. The summed E-state index contributed by atoms with van der Waals surface area (Å²) in [5.74, 6) is 2.58. The van der Waals surface area contributed by atoms with E-state index in [2.05, 4.69) is 6.58 Å². The molecule has 152 valence electrons. The van der Waals surface area contributed by atoms with Crippen LogP contribution in [-0.4, -0.2) is 33.7 Å². The van der Waals surface area contributed by atoms with Crippen LogP contribution in [0.4, 0.5) is 0 Å². The van der Waals surface area contributed by atoms with Crippen molar-refractivity contribution in [1.82, 2.24) is 0 Å². The minimum Gasteiger partial charge on any atom is -0.493 e. The van der Waals surface area contributed by atoms with E-state index < -0.39 is 0 Å². The third kappa shape index (κ3) is 3.78. The van der Waals surface area contributed by atoms with Gasteiger partial charge in [0.1, 0.15) is 18.1 Å². The second-order valence-corrected chi connectivity index (χ2v) is 6.67. The zero-order valence-electron chi connectivity index (χ0n) is 17.3. The first kappa shape index (κ1) is 20.3. The van der Waals surface area contributed by atoms with Gasteiger partial charge in [-0.15, -0.1) is 0 Å². The Labute approximate surface area is 170 Å². The third-order valence-electron chi connectivity index (χ3n) is 4.53. The average molecular weight is 396 g/mol. The molecule has 0 fully saturated rings. The Morgan fingerprint density at radius 1 is 1.03 bits per heavy atom. The smallest absolute Gasteiger partial charge is 0.231 e. The van der Waals surface area contributed by atoms with Crippen molar-refractivity contribution in [1.29, 1.82) is 0 Å². The van der Waals surface area contributed by atoms with Crippen molar-refractivity contribution in [2.45, 2.75) is 13.8 Å². The number of carbonyl (C=O) groups excluding carboxylic acids is 1. The van der Waals surface area contributed by atoms with Crippen LogP contribution in [0.25, 0.3) is 6.08 Å². The van der Waals surface area contributed by atoms with Gasteiger partial charge in [0.05, 0.1) is 26.9 Å². The molecule has 0 radical (unpaired) electrons. The van der Waals surface area contributed by atoms with Crippen LogP contribution >= 0.6 is 0 Å². The van der Waals surface area contributed by atoms with Gasteiger partial charge in [-0.2, -0.15) is 0 Å². The van der Waals surface area contributed by atoms with E-state index in [0.717, 1.165) is 11.1 Å². The van der Waals surface area contributed by atoms with Gasteiger partial charge in [-0.3, -0.25) is 4.79 Å². The van der Waals surface area contributed by atoms with Gasteiger partial charge in [0, 0.05) is 11.1 Å². The van der Waals surface area contributed by atoms with Crippen LogP contribution in [-0.2, 0) is 0 Å². The van der Waals surface area contributed by atoms with E-state index in [9.17, 15) is 4.79 Å². The normalized spacial score (nSPS) is 13.7. The van der Waals surface area contributed by atoms with Gasteiger partial charge in [0.2, 0.25) is 11.5 Å². The maximum atomic E-state index is 12.9. The molecule has 0 spiro atoms. The highest BCUT2D eigenvalue weighted by molar-refractivity contribution is 6.15. The number of hydrogen-bond donors (Lipinski definition) is 0. The highest BCUT2D eigenvalue weighted by Gasteiger charge is 2.30. The quantitative estimate of drug-likeness (QED) is 0.504. The van der Waals surface area contributed by atoms with E-state index >= 15 is 0 Å². The summed E-state index contributed by atoms with van der Waals surface area (Å²) in [5, 5.41) is 0. The molecule has 0 saturated carbocycles. The number of hydrogen-bond acceptors (Lipinski definition) is 6. The third-order valence-corrected chi connectivity index (χ3v) is 4.53. The Hall–Kier alpha value is -3.41. The fourth-order valence-corrected chi connectivity index (χ4v) is 3.10. The lowest BCUT2D eigenvalue weighted by Gasteiger charge is -2.14. The molecule has 1 aliphatic heterocycles. The van der Waals surface area contributed by atoms with Crippen molar-refractivity contribution in [3.8, 4) is 28.7 Å². The molecule has 0 amide bonds. The summed E-state index contributed by atoms with van der Waals surface area (Å²) in [6.45, 7) is 7.99. The molecule has 0 unspecified atom stereocenters. The maximum absolute atomic E-state index is 12.9. The van der Waals surface area contributed by atoms with Gasteiger partial charge >= 0.3 is 0 Å². The molecule has 6 nitrogen and oxygen atoms in total. The molecule has 0 bridgehead atoms. The molecule has 6 heteroatoms. The number of ketones is 1. The van der Waals surface area contributed by atoms with Crippen LogP contribution < -0.4 is 23.7 Å². The van der Waals surface area contributed by atoms with Crippen molar-refractivity contribution in [3.63, 3.8) is 0 Å². The standard InChI is InChI=1S/C23H24O6/c1-13(2)12-28-17-10-8-16-20(24)19(29-21(16)14(17)3)11-15-7-9-18(25-4)23(27-6)22(15)26-5/h7-11H,1,12H2,2-6H3/b19-11-. The van der Waals surface area contributed by atoms with Gasteiger partial charge in [-0.05, 0) is 49.8 Å². The van der Waals surface area contributed by atoms with E-state index in [-0.39, 0.29) is 11.5 Å². The zero-order valence-corrected chi connectivity index (χ0v) is 17.3. The number of methoxy groups -OCH3 is 3. The predicted molar refractivity (Wildman–Crippen MR) is 111 cm³/mol. The number of benzene rings is 2. The first-order valence-electron chi connectivity index (χ1n) is 9.05. The second-order valence-electron chi connectivity index (χ2n) is 6.67. The van der Waals surface area contributed by atoms with E-state index in [0.29, 0.717) is 46.5 Å². The summed E-state index contributed by atoms with van der Waals surface area (Å²) in [4.78, 5) is 12.9. The average Bonchev–Trinajstić information content (AvgIpc) is 3.03.